The highest BCUT2D eigenvalue weighted by Gasteiger charge is 2.08. The van der Waals surface area contributed by atoms with Gasteiger partial charge in [0.2, 0.25) is 0 Å². The number of nitrogens with zero attached hydrogens (tertiary/aromatic N) is 3. The first-order chi connectivity index (χ1) is 14.6. The van der Waals surface area contributed by atoms with Crippen LogP contribution in [0.15, 0.2) is 65.9 Å². The molecule has 0 fully saturated rings. The molecule has 2 aromatic carbocycles. The second-order valence-electron chi connectivity index (χ2n) is 6.85. The number of amides is 1. The summed E-state index contributed by atoms with van der Waals surface area (Å²) in [4.78, 5) is 12.2. The van der Waals surface area contributed by atoms with Gasteiger partial charge in [-0.05, 0) is 60.0 Å². The summed E-state index contributed by atoms with van der Waals surface area (Å²) in [7, 11) is 0. The zero-order valence-corrected chi connectivity index (χ0v) is 17.7. The molecule has 0 saturated heterocycles. The number of ether oxygens (including phenoxy) is 1. The Morgan fingerprint density at radius 1 is 1.13 bits per heavy atom. The molecule has 7 heteroatoms. The van der Waals surface area contributed by atoms with E-state index in [4.69, 9.17) is 16.3 Å². The molecule has 3 rings (SSSR count). The van der Waals surface area contributed by atoms with Gasteiger partial charge in [0.15, 0.2) is 5.69 Å². The lowest BCUT2D eigenvalue weighted by molar-refractivity contribution is 0.0949. The molecule has 0 spiro atoms. The first-order valence-corrected chi connectivity index (χ1v) is 10.4. The van der Waals surface area contributed by atoms with Crippen molar-refractivity contribution < 1.29 is 9.53 Å². The van der Waals surface area contributed by atoms with Crippen LogP contribution in [-0.2, 0) is 6.54 Å². The smallest absolute Gasteiger partial charge is 0.291 e. The molecular formula is C23H25ClN4O2. The average molecular weight is 425 g/mol. The lowest BCUT2D eigenvalue weighted by atomic mass is 10.2. The molecule has 1 amide bonds. The van der Waals surface area contributed by atoms with Gasteiger partial charge in [-0.2, -0.15) is 10.2 Å². The number of hydrogen-bond donors (Lipinski definition) is 1. The number of hydrogen-bond acceptors (Lipinski definition) is 4. The predicted octanol–water partition coefficient (Wildman–Crippen LogP) is 4.92. The third-order valence-electron chi connectivity index (χ3n) is 4.41. The van der Waals surface area contributed by atoms with Crippen LogP contribution in [0.4, 0.5) is 0 Å². The maximum absolute atomic E-state index is 12.2. The van der Waals surface area contributed by atoms with E-state index in [1.165, 1.54) is 12.8 Å². The molecular weight excluding hydrogens is 400 g/mol. The zero-order valence-electron chi connectivity index (χ0n) is 16.9. The Morgan fingerprint density at radius 2 is 1.90 bits per heavy atom. The topological polar surface area (TPSA) is 68.5 Å². The molecule has 0 unspecified atom stereocenters. The van der Waals surface area contributed by atoms with Crippen LogP contribution < -0.4 is 10.2 Å². The minimum Gasteiger partial charge on any atom is -0.494 e. The fourth-order valence-electron chi connectivity index (χ4n) is 2.76. The highest BCUT2D eigenvalue weighted by molar-refractivity contribution is 6.30. The van der Waals surface area contributed by atoms with Crippen molar-refractivity contribution in [3.63, 3.8) is 0 Å². The number of nitrogens with one attached hydrogen (secondary N) is 1. The van der Waals surface area contributed by atoms with Gasteiger partial charge in [-0.1, -0.05) is 43.5 Å². The lowest BCUT2D eigenvalue weighted by Crippen LogP contribution is -2.18. The SMILES string of the molecule is CCCCCOc1ccc(/C=N\NC(=O)c2ccn(Cc3ccc(Cl)cc3)n2)cc1. The van der Waals surface area contributed by atoms with Crippen molar-refractivity contribution in [2.75, 3.05) is 6.61 Å². The maximum Gasteiger partial charge on any atom is 0.291 e. The third-order valence-corrected chi connectivity index (χ3v) is 4.66. The number of hydrazone groups is 1. The number of benzene rings is 2. The molecule has 0 aliphatic rings. The second kappa shape index (κ2) is 11.2. The number of rotatable bonds is 10. The summed E-state index contributed by atoms with van der Waals surface area (Å²) in [6.07, 6.45) is 6.74. The molecule has 0 aliphatic heterocycles. The zero-order chi connectivity index (χ0) is 21.2. The Morgan fingerprint density at radius 3 is 2.63 bits per heavy atom. The van der Waals surface area contributed by atoms with Crippen LogP contribution in [0.1, 0.15) is 47.8 Å². The number of carbonyl (C=O) groups excluding carboxylic acids is 1. The van der Waals surface area contributed by atoms with E-state index in [9.17, 15) is 4.79 Å². The number of aromatic nitrogens is 2. The van der Waals surface area contributed by atoms with Crippen molar-refractivity contribution in [2.45, 2.75) is 32.7 Å². The van der Waals surface area contributed by atoms with E-state index in [2.05, 4.69) is 22.5 Å². The Kier molecular flexibility index (Phi) is 8.03. The van der Waals surface area contributed by atoms with Gasteiger partial charge in [-0.25, -0.2) is 5.43 Å². The third kappa shape index (κ3) is 6.74. The number of halogens is 1. The summed E-state index contributed by atoms with van der Waals surface area (Å²) in [5.41, 5.74) is 4.72. The van der Waals surface area contributed by atoms with Crippen molar-refractivity contribution in [3.05, 3.63) is 82.6 Å². The Balaban J connectivity index is 1.47. The summed E-state index contributed by atoms with van der Waals surface area (Å²) >= 11 is 5.90. The van der Waals surface area contributed by atoms with Crippen LogP contribution in [0.25, 0.3) is 0 Å². The monoisotopic (exact) mass is 424 g/mol. The molecule has 3 aromatic rings. The standard InChI is InChI=1S/C23H25ClN4O2/c1-2-3-4-15-30-21-11-7-18(8-12-21)16-25-26-23(29)22-13-14-28(27-22)17-19-5-9-20(24)10-6-19/h5-14,16H,2-4,15,17H2,1H3,(H,26,29)/b25-16-. The van der Waals surface area contributed by atoms with Crippen LogP contribution in [-0.4, -0.2) is 28.5 Å². The minimum atomic E-state index is -0.364. The van der Waals surface area contributed by atoms with E-state index < -0.39 is 0 Å². The van der Waals surface area contributed by atoms with Crippen LogP contribution in [0.3, 0.4) is 0 Å². The minimum absolute atomic E-state index is 0.303. The summed E-state index contributed by atoms with van der Waals surface area (Å²) < 4.78 is 7.38. The molecule has 156 valence electrons. The highest BCUT2D eigenvalue weighted by atomic mass is 35.5. The van der Waals surface area contributed by atoms with E-state index in [-0.39, 0.29) is 5.91 Å². The predicted molar refractivity (Wildman–Crippen MR) is 119 cm³/mol. The molecule has 0 atom stereocenters. The molecule has 6 nitrogen and oxygen atoms in total. The van der Waals surface area contributed by atoms with Crippen LogP contribution in [0, 0.1) is 0 Å². The van der Waals surface area contributed by atoms with Crippen molar-refractivity contribution in [1.29, 1.82) is 0 Å². The summed E-state index contributed by atoms with van der Waals surface area (Å²) in [6.45, 7) is 3.45. The van der Waals surface area contributed by atoms with Gasteiger partial charge in [0.1, 0.15) is 5.75 Å². The van der Waals surface area contributed by atoms with Crippen LogP contribution in [0.5, 0.6) is 5.75 Å². The van der Waals surface area contributed by atoms with Crippen molar-refractivity contribution in [2.24, 2.45) is 5.10 Å². The van der Waals surface area contributed by atoms with Gasteiger partial charge in [0, 0.05) is 11.2 Å². The molecule has 1 heterocycles. The van der Waals surface area contributed by atoms with E-state index >= 15 is 0 Å². The van der Waals surface area contributed by atoms with E-state index in [1.807, 2.05) is 48.5 Å². The fraction of sp³-hybridized carbons (Fsp3) is 0.261. The molecule has 0 bridgehead atoms. The number of carbonyl (C=O) groups is 1. The van der Waals surface area contributed by atoms with Gasteiger partial charge in [-0.3, -0.25) is 9.48 Å². The first-order valence-electron chi connectivity index (χ1n) is 9.98. The van der Waals surface area contributed by atoms with Gasteiger partial charge in [0.25, 0.3) is 5.91 Å². The normalized spacial score (nSPS) is 11.0. The van der Waals surface area contributed by atoms with E-state index in [1.54, 1.807) is 23.2 Å². The molecule has 0 saturated carbocycles. The molecule has 1 N–H and O–H groups in total. The Hall–Kier alpha value is -3.12. The fourth-order valence-corrected chi connectivity index (χ4v) is 2.89. The first kappa shape index (κ1) is 21.6. The summed E-state index contributed by atoms with van der Waals surface area (Å²) in [6, 6.07) is 16.7. The molecule has 0 radical (unpaired) electrons. The Bertz CT molecular complexity index is 966. The number of unbranched alkanes of at least 4 members (excludes halogenated alkanes) is 2. The van der Waals surface area contributed by atoms with E-state index in [0.717, 1.165) is 29.9 Å². The van der Waals surface area contributed by atoms with Gasteiger partial charge >= 0.3 is 0 Å². The summed E-state index contributed by atoms with van der Waals surface area (Å²) in [5.74, 6) is 0.468. The van der Waals surface area contributed by atoms with Gasteiger partial charge < -0.3 is 4.74 Å². The Labute approximate surface area is 181 Å². The molecule has 0 aliphatic carbocycles. The van der Waals surface area contributed by atoms with Gasteiger partial charge in [0.05, 0.1) is 19.4 Å². The van der Waals surface area contributed by atoms with Gasteiger partial charge in [-0.15, -0.1) is 0 Å². The van der Waals surface area contributed by atoms with Crippen LogP contribution >= 0.6 is 11.6 Å². The van der Waals surface area contributed by atoms with Crippen molar-refractivity contribution in [1.82, 2.24) is 15.2 Å². The molecule has 1 aromatic heterocycles. The largest absolute Gasteiger partial charge is 0.494 e. The van der Waals surface area contributed by atoms with Crippen molar-refractivity contribution in [3.8, 4) is 5.75 Å². The van der Waals surface area contributed by atoms with Crippen LogP contribution in [0.2, 0.25) is 5.02 Å². The highest BCUT2D eigenvalue weighted by Crippen LogP contribution is 2.12. The quantitative estimate of drug-likeness (QED) is 0.285. The lowest BCUT2D eigenvalue weighted by Gasteiger charge is -2.05. The maximum atomic E-state index is 12.2. The second-order valence-corrected chi connectivity index (χ2v) is 7.29. The van der Waals surface area contributed by atoms with Crippen molar-refractivity contribution >= 4 is 23.7 Å². The van der Waals surface area contributed by atoms with E-state index in [0.29, 0.717) is 17.3 Å². The molecule has 30 heavy (non-hydrogen) atoms. The summed E-state index contributed by atoms with van der Waals surface area (Å²) in [5, 5.41) is 8.98. The average Bonchev–Trinajstić information content (AvgIpc) is 3.22.